The summed E-state index contributed by atoms with van der Waals surface area (Å²) >= 11 is 1.86. The van der Waals surface area contributed by atoms with Crippen LogP contribution in [0.2, 0.25) is 0 Å². The van der Waals surface area contributed by atoms with Crippen molar-refractivity contribution in [1.82, 2.24) is 10.2 Å². The summed E-state index contributed by atoms with van der Waals surface area (Å²) in [6, 6.07) is 14.0. The molecule has 1 unspecified atom stereocenters. The van der Waals surface area contributed by atoms with Crippen LogP contribution in [-0.4, -0.2) is 50.8 Å². The number of benzene rings is 1. The molecule has 0 bridgehead atoms. The molecular weight excluding hydrogens is 354 g/mol. The van der Waals surface area contributed by atoms with Crippen molar-refractivity contribution in [3.05, 3.63) is 52.2 Å². The Hall–Kier alpha value is -1.40. The molecule has 4 rings (SSSR count). The van der Waals surface area contributed by atoms with Gasteiger partial charge < -0.3 is 15.0 Å². The number of thiophene rings is 1. The van der Waals surface area contributed by atoms with Crippen molar-refractivity contribution >= 4 is 17.0 Å². The van der Waals surface area contributed by atoms with Crippen LogP contribution < -0.4 is 10.2 Å². The Morgan fingerprint density at radius 2 is 1.74 bits per heavy atom. The van der Waals surface area contributed by atoms with Crippen molar-refractivity contribution in [3.8, 4) is 0 Å². The summed E-state index contributed by atoms with van der Waals surface area (Å²) in [5.74, 6) is 0. The molecule has 1 aromatic carbocycles. The number of hydrogen-bond acceptors (Lipinski definition) is 5. The molecular formula is C22H31N3OS. The van der Waals surface area contributed by atoms with Crippen LogP contribution in [-0.2, 0) is 11.3 Å². The Kier molecular flexibility index (Phi) is 6.80. The first-order valence-corrected chi connectivity index (χ1v) is 11.2. The number of anilines is 1. The third-order valence-corrected chi connectivity index (χ3v) is 6.66. The number of morpholine rings is 1. The average molecular weight is 386 g/mol. The van der Waals surface area contributed by atoms with Crippen molar-refractivity contribution in [3.63, 3.8) is 0 Å². The van der Waals surface area contributed by atoms with Crippen LogP contribution in [0.25, 0.3) is 0 Å². The first kappa shape index (κ1) is 18.9. The van der Waals surface area contributed by atoms with Gasteiger partial charge in [0.2, 0.25) is 0 Å². The third kappa shape index (κ3) is 5.11. The van der Waals surface area contributed by atoms with Crippen LogP contribution in [0.1, 0.15) is 35.7 Å². The van der Waals surface area contributed by atoms with E-state index in [1.165, 1.54) is 48.5 Å². The Balaban J connectivity index is 1.31. The lowest BCUT2D eigenvalue weighted by Crippen LogP contribution is -2.42. The van der Waals surface area contributed by atoms with E-state index in [0.717, 1.165) is 39.4 Å². The Morgan fingerprint density at radius 3 is 2.44 bits per heavy atom. The normalized spacial score (nSPS) is 19.9. The molecule has 0 amide bonds. The fourth-order valence-corrected chi connectivity index (χ4v) is 4.97. The molecule has 5 heteroatoms. The Bertz CT molecular complexity index is 661. The standard InChI is InChI=1S/C22H31N3OS/c1-2-10-24(11-3-1)20-8-6-19(7-9-20)17-23-18-21(22-5-4-16-27-22)25-12-14-26-15-13-25/h4-9,16,21,23H,1-3,10-15,17-18H2. The molecule has 0 spiro atoms. The maximum atomic E-state index is 5.54. The zero-order chi connectivity index (χ0) is 18.3. The summed E-state index contributed by atoms with van der Waals surface area (Å²) in [4.78, 5) is 6.53. The molecule has 2 aliphatic heterocycles. The second kappa shape index (κ2) is 9.69. The van der Waals surface area contributed by atoms with Gasteiger partial charge in [0.25, 0.3) is 0 Å². The van der Waals surface area contributed by atoms with Gasteiger partial charge in [-0.3, -0.25) is 4.90 Å². The predicted molar refractivity (Wildman–Crippen MR) is 114 cm³/mol. The van der Waals surface area contributed by atoms with Crippen molar-refractivity contribution in [1.29, 1.82) is 0 Å². The van der Waals surface area contributed by atoms with Gasteiger partial charge in [-0.1, -0.05) is 18.2 Å². The van der Waals surface area contributed by atoms with Crippen LogP contribution in [0.4, 0.5) is 5.69 Å². The molecule has 2 aliphatic rings. The first-order chi connectivity index (χ1) is 13.4. The van der Waals surface area contributed by atoms with Gasteiger partial charge in [-0.2, -0.15) is 0 Å². The Labute approximate surface area is 167 Å². The number of hydrogen-bond donors (Lipinski definition) is 1. The van der Waals surface area contributed by atoms with Crippen molar-refractivity contribution in [2.75, 3.05) is 50.8 Å². The average Bonchev–Trinajstić information content (AvgIpc) is 3.27. The molecule has 2 saturated heterocycles. The second-order valence-corrected chi connectivity index (χ2v) is 8.50. The van der Waals surface area contributed by atoms with E-state index in [0.29, 0.717) is 6.04 Å². The number of rotatable bonds is 7. The molecule has 3 heterocycles. The van der Waals surface area contributed by atoms with E-state index >= 15 is 0 Å². The lowest BCUT2D eigenvalue weighted by molar-refractivity contribution is 0.0168. The largest absolute Gasteiger partial charge is 0.379 e. The first-order valence-electron chi connectivity index (χ1n) is 10.3. The number of ether oxygens (including phenoxy) is 1. The van der Waals surface area contributed by atoms with Gasteiger partial charge in [-0.05, 0) is 48.4 Å². The summed E-state index contributed by atoms with van der Waals surface area (Å²) in [5.41, 5.74) is 2.74. The lowest BCUT2D eigenvalue weighted by Gasteiger charge is -2.34. The van der Waals surface area contributed by atoms with Crippen LogP contribution in [0.5, 0.6) is 0 Å². The minimum Gasteiger partial charge on any atom is -0.379 e. The van der Waals surface area contributed by atoms with E-state index in [1.54, 1.807) is 0 Å². The van der Waals surface area contributed by atoms with Crippen LogP contribution >= 0.6 is 11.3 Å². The molecule has 27 heavy (non-hydrogen) atoms. The van der Waals surface area contributed by atoms with Crippen LogP contribution in [0.3, 0.4) is 0 Å². The van der Waals surface area contributed by atoms with Gasteiger partial charge in [0.05, 0.1) is 19.3 Å². The summed E-state index contributed by atoms with van der Waals surface area (Å²) < 4.78 is 5.54. The zero-order valence-electron chi connectivity index (χ0n) is 16.1. The van der Waals surface area contributed by atoms with E-state index in [-0.39, 0.29) is 0 Å². The lowest BCUT2D eigenvalue weighted by atomic mass is 10.1. The highest BCUT2D eigenvalue weighted by molar-refractivity contribution is 7.10. The van der Waals surface area contributed by atoms with E-state index < -0.39 is 0 Å². The zero-order valence-corrected chi connectivity index (χ0v) is 16.9. The molecule has 0 saturated carbocycles. The molecule has 4 nitrogen and oxygen atoms in total. The SMILES string of the molecule is c1csc(C(CNCc2ccc(N3CCCCC3)cc2)N2CCOCC2)c1. The maximum absolute atomic E-state index is 5.54. The minimum atomic E-state index is 0.446. The fraction of sp³-hybridized carbons (Fsp3) is 0.545. The van der Waals surface area contributed by atoms with Gasteiger partial charge in [0.15, 0.2) is 0 Å². The summed E-state index contributed by atoms with van der Waals surface area (Å²) in [6.07, 6.45) is 4.04. The summed E-state index contributed by atoms with van der Waals surface area (Å²) in [6.45, 7) is 8.06. The van der Waals surface area contributed by atoms with Crippen LogP contribution in [0, 0.1) is 0 Å². The molecule has 1 atom stereocenters. The number of piperidine rings is 1. The predicted octanol–water partition coefficient (Wildman–Crippen LogP) is 3.90. The topological polar surface area (TPSA) is 27.7 Å². The fourth-order valence-electron chi connectivity index (χ4n) is 4.11. The smallest absolute Gasteiger partial charge is 0.0594 e. The molecule has 0 radical (unpaired) electrons. The monoisotopic (exact) mass is 385 g/mol. The number of nitrogens with one attached hydrogen (secondary N) is 1. The highest BCUT2D eigenvalue weighted by Crippen LogP contribution is 2.25. The number of nitrogens with zero attached hydrogens (tertiary/aromatic N) is 2. The van der Waals surface area contributed by atoms with Gasteiger partial charge in [0.1, 0.15) is 0 Å². The van der Waals surface area contributed by atoms with Crippen molar-refractivity contribution in [2.45, 2.75) is 31.8 Å². The summed E-state index contributed by atoms with van der Waals surface area (Å²) in [7, 11) is 0. The van der Waals surface area contributed by atoms with Crippen LogP contribution in [0.15, 0.2) is 41.8 Å². The molecule has 146 valence electrons. The quantitative estimate of drug-likeness (QED) is 0.782. The molecule has 2 fully saturated rings. The van der Waals surface area contributed by atoms with E-state index in [1.807, 2.05) is 11.3 Å². The van der Waals surface area contributed by atoms with E-state index in [4.69, 9.17) is 4.74 Å². The molecule has 1 aromatic heterocycles. The minimum absolute atomic E-state index is 0.446. The van der Waals surface area contributed by atoms with Crippen molar-refractivity contribution in [2.24, 2.45) is 0 Å². The van der Waals surface area contributed by atoms with Gasteiger partial charge >= 0.3 is 0 Å². The molecule has 0 aliphatic carbocycles. The van der Waals surface area contributed by atoms with Gasteiger partial charge in [-0.15, -0.1) is 11.3 Å². The maximum Gasteiger partial charge on any atom is 0.0594 e. The molecule has 1 N–H and O–H groups in total. The Morgan fingerprint density at radius 1 is 0.963 bits per heavy atom. The summed E-state index contributed by atoms with van der Waals surface area (Å²) in [5, 5.41) is 5.88. The van der Waals surface area contributed by atoms with Gasteiger partial charge in [-0.25, -0.2) is 0 Å². The van der Waals surface area contributed by atoms with Gasteiger partial charge in [0, 0.05) is 49.8 Å². The molecule has 2 aromatic rings. The third-order valence-electron chi connectivity index (χ3n) is 5.68. The van der Waals surface area contributed by atoms with E-state index in [2.05, 4.69) is 56.9 Å². The highest BCUT2D eigenvalue weighted by Gasteiger charge is 2.23. The highest BCUT2D eigenvalue weighted by atomic mass is 32.1. The second-order valence-electron chi connectivity index (χ2n) is 7.52. The van der Waals surface area contributed by atoms with Crippen molar-refractivity contribution < 1.29 is 4.74 Å². The van der Waals surface area contributed by atoms with E-state index in [9.17, 15) is 0 Å².